The van der Waals surface area contributed by atoms with Crippen molar-refractivity contribution in [2.75, 3.05) is 11.9 Å². The van der Waals surface area contributed by atoms with Gasteiger partial charge in [-0.2, -0.15) is 5.10 Å². The first-order valence-electron chi connectivity index (χ1n) is 8.86. The Kier molecular flexibility index (Phi) is 4.79. The maximum absolute atomic E-state index is 13.3. The number of nitrogens with zero attached hydrogens (tertiary/aromatic N) is 6. The Morgan fingerprint density at radius 3 is 2.90 bits per heavy atom. The second-order valence-corrected chi connectivity index (χ2v) is 6.64. The Morgan fingerprint density at radius 2 is 2.10 bits per heavy atom. The molecule has 0 unspecified atom stereocenters. The molecule has 2 aromatic heterocycles. The van der Waals surface area contributed by atoms with E-state index in [4.69, 9.17) is 0 Å². The second-order valence-electron chi connectivity index (χ2n) is 6.64. The van der Waals surface area contributed by atoms with Gasteiger partial charge in [-0.1, -0.05) is 6.07 Å². The number of fused-ring (bicyclic) bond motifs is 1. The van der Waals surface area contributed by atoms with E-state index in [9.17, 15) is 18.4 Å². The predicted octanol–water partition coefficient (Wildman–Crippen LogP) is 0.966. The Hall–Kier alpha value is -3.63. The van der Waals surface area contributed by atoms with E-state index in [1.54, 1.807) is 24.0 Å². The molecule has 0 spiro atoms. The highest BCUT2D eigenvalue weighted by Crippen LogP contribution is 2.19. The standard InChI is InChI=1S/C18H17F2N7O2/c1-25-15-4-6-22-27(15)7-5-14(18(25)29)23-17(28)16-21-10-26(24-16)9-11-2-3-12(19)13(20)8-11/h2-4,6,8,10,14H,5,7,9H2,1H3,(H,23,28)/t14-/m0/s1. The first-order chi connectivity index (χ1) is 13.9. The molecule has 1 aliphatic rings. The van der Waals surface area contributed by atoms with Crippen LogP contribution in [0.1, 0.15) is 22.6 Å². The van der Waals surface area contributed by atoms with Gasteiger partial charge in [-0.15, -0.1) is 5.10 Å². The average Bonchev–Trinajstić information content (AvgIpc) is 3.34. The highest BCUT2D eigenvalue weighted by Gasteiger charge is 2.30. The number of carbonyl (C=O) groups excluding carboxylic acids is 2. The summed E-state index contributed by atoms with van der Waals surface area (Å²) in [5.74, 6) is -2.23. The molecule has 0 aliphatic carbocycles. The number of hydrogen-bond acceptors (Lipinski definition) is 5. The summed E-state index contributed by atoms with van der Waals surface area (Å²) in [4.78, 5) is 30.5. The van der Waals surface area contributed by atoms with Crippen LogP contribution in [-0.4, -0.2) is 49.4 Å². The number of hydrogen-bond donors (Lipinski definition) is 1. The minimum absolute atomic E-state index is 0.115. The molecule has 9 nitrogen and oxygen atoms in total. The van der Waals surface area contributed by atoms with Crippen molar-refractivity contribution in [1.29, 1.82) is 0 Å². The fourth-order valence-electron chi connectivity index (χ4n) is 3.16. The van der Waals surface area contributed by atoms with Crippen molar-refractivity contribution < 1.29 is 18.4 Å². The van der Waals surface area contributed by atoms with E-state index in [0.717, 1.165) is 12.1 Å². The van der Waals surface area contributed by atoms with Crippen molar-refractivity contribution in [2.45, 2.75) is 25.6 Å². The fraction of sp³-hybridized carbons (Fsp3) is 0.278. The lowest BCUT2D eigenvalue weighted by Gasteiger charge is -2.19. The van der Waals surface area contributed by atoms with E-state index >= 15 is 0 Å². The molecular weight excluding hydrogens is 384 g/mol. The Labute approximate surface area is 163 Å². The molecule has 4 rings (SSSR count). The summed E-state index contributed by atoms with van der Waals surface area (Å²) in [6.07, 6.45) is 3.30. The monoisotopic (exact) mass is 401 g/mol. The van der Waals surface area contributed by atoms with E-state index in [0.29, 0.717) is 24.3 Å². The molecule has 0 saturated heterocycles. The highest BCUT2D eigenvalue weighted by molar-refractivity contribution is 6.00. The van der Waals surface area contributed by atoms with Crippen LogP contribution in [0.25, 0.3) is 0 Å². The molecule has 29 heavy (non-hydrogen) atoms. The van der Waals surface area contributed by atoms with Crippen LogP contribution in [-0.2, 0) is 17.9 Å². The van der Waals surface area contributed by atoms with Crippen molar-refractivity contribution in [3.63, 3.8) is 0 Å². The van der Waals surface area contributed by atoms with Crippen LogP contribution in [0.5, 0.6) is 0 Å². The largest absolute Gasteiger partial charge is 0.337 e. The molecule has 1 N–H and O–H groups in total. The van der Waals surface area contributed by atoms with Gasteiger partial charge in [0.25, 0.3) is 11.8 Å². The molecule has 0 radical (unpaired) electrons. The number of benzene rings is 1. The zero-order valence-corrected chi connectivity index (χ0v) is 15.4. The van der Waals surface area contributed by atoms with Crippen LogP contribution in [0, 0.1) is 11.6 Å². The molecule has 1 atom stereocenters. The normalized spacial score (nSPS) is 16.4. The van der Waals surface area contributed by atoms with Crippen LogP contribution >= 0.6 is 0 Å². The molecule has 1 aromatic carbocycles. The summed E-state index contributed by atoms with van der Waals surface area (Å²) < 4.78 is 29.4. The zero-order valence-electron chi connectivity index (χ0n) is 15.4. The van der Waals surface area contributed by atoms with Crippen molar-refractivity contribution in [3.05, 3.63) is 59.8 Å². The first kappa shape index (κ1) is 18.7. The van der Waals surface area contributed by atoms with Crippen LogP contribution < -0.4 is 10.2 Å². The maximum Gasteiger partial charge on any atom is 0.291 e. The molecule has 0 fully saturated rings. The fourth-order valence-corrected chi connectivity index (χ4v) is 3.16. The molecule has 1 aliphatic heterocycles. The van der Waals surface area contributed by atoms with Gasteiger partial charge in [-0.25, -0.2) is 23.1 Å². The van der Waals surface area contributed by atoms with Crippen LogP contribution in [0.4, 0.5) is 14.6 Å². The van der Waals surface area contributed by atoms with E-state index < -0.39 is 23.6 Å². The summed E-state index contributed by atoms with van der Waals surface area (Å²) in [7, 11) is 1.62. The molecule has 0 bridgehead atoms. The van der Waals surface area contributed by atoms with Gasteiger partial charge in [0.2, 0.25) is 5.82 Å². The number of likely N-dealkylation sites (N-methyl/N-ethyl adjacent to an activating group) is 1. The van der Waals surface area contributed by atoms with E-state index in [2.05, 4.69) is 20.5 Å². The quantitative estimate of drug-likeness (QED) is 0.703. The summed E-state index contributed by atoms with van der Waals surface area (Å²) >= 11 is 0. The molecule has 3 heterocycles. The van der Waals surface area contributed by atoms with Crippen LogP contribution in [0.3, 0.4) is 0 Å². The van der Waals surface area contributed by atoms with Crippen LogP contribution in [0.2, 0.25) is 0 Å². The maximum atomic E-state index is 13.3. The SMILES string of the molecule is CN1C(=O)[C@@H](NC(=O)c2ncn(Cc3ccc(F)c(F)c3)n2)CCn2nccc21. The lowest BCUT2D eigenvalue weighted by Crippen LogP contribution is -2.47. The van der Waals surface area contributed by atoms with Gasteiger partial charge in [0.1, 0.15) is 18.2 Å². The van der Waals surface area contributed by atoms with E-state index in [-0.39, 0.29) is 18.3 Å². The van der Waals surface area contributed by atoms with E-state index in [1.165, 1.54) is 22.0 Å². The summed E-state index contributed by atoms with van der Waals surface area (Å²) in [6.45, 7) is 0.588. The number of carbonyl (C=O) groups is 2. The lowest BCUT2D eigenvalue weighted by atomic mass is 10.2. The van der Waals surface area contributed by atoms with Gasteiger partial charge in [-0.05, 0) is 24.1 Å². The van der Waals surface area contributed by atoms with Crippen molar-refractivity contribution in [3.8, 4) is 0 Å². The number of anilines is 1. The van der Waals surface area contributed by atoms with Gasteiger partial charge in [0.15, 0.2) is 11.6 Å². The Balaban J connectivity index is 1.43. The van der Waals surface area contributed by atoms with Gasteiger partial charge in [0, 0.05) is 19.7 Å². The molecule has 3 aromatic rings. The third-order valence-corrected chi connectivity index (χ3v) is 4.67. The highest BCUT2D eigenvalue weighted by atomic mass is 19.2. The summed E-state index contributed by atoms with van der Waals surface area (Å²) in [5, 5.41) is 10.9. The smallest absolute Gasteiger partial charge is 0.291 e. The molecular formula is C18H17F2N7O2. The molecule has 2 amide bonds. The van der Waals surface area contributed by atoms with Crippen molar-refractivity contribution >= 4 is 17.6 Å². The number of aromatic nitrogens is 5. The topological polar surface area (TPSA) is 97.9 Å². The Bertz CT molecular complexity index is 1080. The number of nitrogens with one attached hydrogen (secondary N) is 1. The molecule has 150 valence electrons. The second kappa shape index (κ2) is 7.41. The summed E-state index contributed by atoms with van der Waals surface area (Å²) in [5.41, 5.74) is 0.468. The third kappa shape index (κ3) is 3.71. The molecule has 11 heteroatoms. The van der Waals surface area contributed by atoms with E-state index in [1.807, 2.05) is 0 Å². The van der Waals surface area contributed by atoms with Gasteiger partial charge in [-0.3, -0.25) is 14.5 Å². The zero-order chi connectivity index (χ0) is 20.5. The average molecular weight is 401 g/mol. The van der Waals surface area contributed by atoms with Gasteiger partial charge >= 0.3 is 0 Å². The third-order valence-electron chi connectivity index (χ3n) is 4.67. The van der Waals surface area contributed by atoms with Crippen molar-refractivity contribution in [1.82, 2.24) is 29.9 Å². The minimum Gasteiger partial charge on any atom is -0.337 e. The number of aryl methyl sites for hydroxylation is 1. The molecule has 0 saturated carbocycles. The number of amides is 2. The predicted molar refractivity (Wildman–Crippen MR) is 97.0 cm³/mol. The van der Waals surface area contributed by atoms with Gasteiger partial charge < -0.3 is 5.32 Å². The minimum atomic E-state index is -0.962. The van der Waals surface area contributed by atoms with Gasteiger partial charge in [0.05, 0.1) is 12.7 Å². The number of rotatable bonds is 4. The van der Waals surface area contributed by atoms with Crippen LogP contribution in [0.15, 0.2) is 36.8 Å². The summed E-state index contributed by atoms with van der Waals surface area (Å²) in [6, 6.07) is 4.48. The number of halogens is 2. The first-order valence-corrected chi connectivity index (χ1v) is 8.86. The van der Waals surface area contributed by atoms with Crippen molar-refractivity contribution in [2.24, 2.45) is 0 Å². The Morgan fingerprint density at radius 1 is 1.28 bits per heavy atom. The lowest BCUT2D eigenvalue weighted by molar-refractivity contribution is -0.120.